The molecule has 1 aromatic heterocycles. The summed E-state index contributed by atoms with van der Waals surface area (Å²) in [5, 5.41) is 11.1. The number of rotatable bonds is 5. The third-order valence-electron chi connectivity index (χ3n) is 4.15. The van der Waals surface area contributed by atoms with Crippen LogP contribution in [0.5, 0.6) is 0 Å². The Labute approximate surface area is 175 Å². The van der Waals surface area contributed by atoms with Crippen molar-refractivity contribution in [2.75, 3.05) is 12.4 Å². The van der Waals surface area contributed by atoms with Gasteiger partial charge < -0.3 is 10.1 Å². The van der Waals surface area contributed by atoms with Gasteiger partial charge in [0.25, 0.3) is 5.91 Å². The van der Waals surface area contributed by atoms with Gasteiger partial charge in [-0.25, -0.2) is 13.9 Å². The van der Waals surface area contributed by atoms with E-state index < -0.39 is 17.7 Å². The van der Waals surface area contributed by atoms with Gasteiger partial charge in [-0.1, -0.05) is 34.5 Å². The molecule has 0 radical (unpaired) electrons. The molecule has 0 spiro atoms. The maximum Gasteiger partial charge on any atom is 0.337 e. The van der Waals surface area contributed by atoms with Crippen molar-refractivity contribution in [3.05, 3.63) is 74.8 Å². The summed E-state index contributed by atoms with van der Waals surface area (Å²) >= 11 is 11.9. The highest BCUT2D eigenvalue weighted by Gasteiger charge is 2.19. The van der Waals surface area contributed by atoms with Crippen LogP contribution < -0.4 is 5.32 Å². The summed E-state index contributed by atoms with van der Waals surface area (Å²) in [6.45, 7) is 1.98. The quantitative estimate of drug-likeness (QED) is 0.607. The lowest BCUT2D eigenvalue weighted by Crippen LogP contribution is -2.16. The fourth-order valence-electron chi connectivity index (χ4n) is 2.58. The van der Waals surface area contributed by atoms with Crippen LogP contribution in [0.2, 0.25) is 10.0 Å². The van der Waals surface area contributed by atoms with Crippen molar-refractivity contribution in [1.82, 2.24) is 15.0 Å². The van der Waals surface area contributed by atoms with Crippen molar-refractivity contribution >= 4 is 40.8 Å². The van der Waals surface area contributed by atoms with E-state index in [0.29, 0.717) is 22.3 Å². The lowest BCUT2D eigenvalue weighted by Gasteiger charge is -2.08. The van der Waals surface area contributed by atoms with Gasteiger partial charge in [-0.3, -0.25) is 4.79 Å². The molecule has 29 heavy (non-hydrogen) atoms. The lowest BCUT2D eigenvalue weighted by atomic mass is 10.2. The highest BCUT2D eigenvalue weighted by atomic mass is 35.5. The molecule has 0 aliphatic carbocycles. The molecule has 0 saturated heterocycles. The number of aromatic nitrogens is 3. The van der Waals surface area contributed by atoms with Crippen LogP contribution in [0.25, 0.3) is 0 Å². The Morgan fingerprint density at radius 3 is 2.62 bits per heavy atom. The van der Waals surface area contributed by atoms with Crippen molar-refractivity contribution in [2.24, 2.45) is 0 Å². The Bertz CT molecular complexity index is 1100. The van der Waals surface area contributed by atoms with E-state index in [1.807, 2.05) is 0 Å². The van der Waals surface area contributed by atoms with Gasteiger partial charge in [-0.2, -0.15) is 0 Å². The molecule has 3 rings (SSSR count). The van der Waals surface area contributed by atoms with Crippen LogP contribution in [0.4, 0.5) is 10.1 Å². The van der Waals surface area contributed by atoms with E-state index in [1.54, 1.807) is 25.1 Å². The molecule has 1 amide bonds. The van der Waals surface area contributed by atoms with E-state index in [0.717, 1.165) is 11.6 Å². The summed E-state index contributed by atoms with van der Waals surface area (Å²) in [4.78, 5) is 24.2. The number of anilines is 1. The summed E-state index contributed by atoms with van der Waals surface area (Å²) in [5.74, 6) is -2.01. The number of amides is 1. The van der Waals surface area contributed by atoms with E-state index in [2.05, 4.69) is 20.4 Å². The average molecular weight is 437 g/mol. The lowest BCUT2D eigenvalue weighted by molar-refractivity contribution is 0.0600. The first kappa shape index (κ1) is 20.8. The first-order chi connectivity index (χ1) is 13.8. The maximum atomic E-state index is 14.0. The smallest absolute Gasteiger partial charge is 0.337 e. The number of ether oxygens (including phenoxy) is 1. The molecule has 1 heterocycles. The molecule has 10 heteroatoms. The van der Waals surface area contributed by atoms with Crippen LogP contribution in [-0.4, -0.2) is 34.0 Å². The molecule has 1 N–H and O–H groups in total. The van der Waals surface area contributed by atoms with Gasteiger partial charge in [-0.15, -0.1) is 5.10 Å². The number of nitrogens with zero attached hydrogens (tertiary/aromatic N) is 3. The number of carbonyl (C=O) groups is 2. The van der Waals surface area contributed by atoms with Gasteiger partial charge in [0, 0.05) is 0 Å². The minimum atomic E-state index is -0.702. The SMILES string of the molecule is COC(=O)c1ccc(F)c(NC(=O)c2nnn(Cc3ccc(Cl)c(Cl)c3)c2C)c1. The molecule has 150 valence electrons. The van der Waals surface area contributed by atoms with Crippen LogP contribution >= 0.6 is 23.2 Å². The summed E-state index contributed by atoms with van der Waals surface area (Å²) in [6.07, 6.45) is 0. The van der Waals surface area contributed by atoms with E-state index >= 15 is 0 Å². The van der Waals surface area contributed by atoms with Gasteiger partial charge in [0.1, 0.15) is 5.82 Å². The van der Waals surface area contributed by atoms with E-state index in [1.165, 1.54) is 23.9 Å². The molecule has 0 atom stereocenters. The second kappa shape index (κ2) is 8.59. The molecule has 0 unspecified atom stereocenters. The summed E-state index contributed by atoms with van der Waals surface area (Å²) in [6, 6.07) is 8.65. The zero-order valence-electron chi connectivity index (χ0n) is 15.4. The Morgan fingerprint density at radius 2 is 1.93 bits per heavy atom. The monoisotopic (exact) mass is 436 g/mol. The number of methoxy groups -OCH3 is 1. The fourth-order valence-corrected chi connectivity index (χ4v) is 2.90. The van der Waals surface area contributed by atoms with Crippen LogP contribution in [0.1, 0.15) is 32.1 Å². The predicted octanol–water partition coefficient (Wildman–Crippen LogP) is 4.12. The van der Waals surface area contributed by atoms with Crippen LogP contribution in [0.3, 0.4) is 0 Å². The Balaban J connectivity index is 1.80. The zero-order valence-corrected chi connectivity index (χ0v) is 16.9. The van der Waals surface area contributed by atoms with Gasteiger partial charge in [0.2, 0.25) is 0 Å². The van der Waals surface area contributed by atoms with Crippen molar-refractivity contribution in [2.45, 2.75) is 13.5 Å². The number of halogens is 3. The molecule has 3 aromatic rings. The Hall–Kier alpha value is -2.97. The number of hydrogen-bond acceptors (Lipinski definition) is 5. The van der Waals surface area contributed by atoms with Gasteiger partial charge >= 0.3 is 5.97 Å². The number of benzene rings is 2. The second-order valence-corrected chi connectivity index (χ2v) is 6.88. The third-order valence-corrected chi connectivity index (χ3v) is 4.89. The first-order valence-electron chi connectivity index (χ1n) is 8.33. The summed E-state index contributed by atoms with van der Waals surface area (Å²) < 4.78 is 20.2. The second-order valence-electron chi connectivity index (χ2n) is 6.07. The van der Waals surface area contributed by atoms with Crippen molar-refractivity contribution in [3.8, 4) is 0 Å². The van der Waals surface area contributed by atoms with E-state index in [4.69, 9.17) is 23.2 Å². The van der Waals surface area contributed by atoms with Crippen LogP contribution in [0, 0.1) is 12.7 Å². The molecule has 7 nitrogen and oxygen atoms in total. The number of esters is 1. The molecule has 0 bridgehead atoms. The fraction of sp³-hybridized carbons (Fsp3) is 0.158. The molecule has 0 aliphatic heterocycles. The largest absolute Gasteiger partial charge is 0.465 e. The summed E-state index contributed by atoms with van der Waals surface area (Å²) in [7, 11) is 1.21. The molecular formula is C19H15Cl2FN4O3. The minimum Gasteiger partial charge on any atom is -0.465 e. The van der Waals surface area contributed by atoms with Gasteiger partial charge in [0.15, 0.2) is 5.69 Å². The normalized spacial score (nSPS) is 10.7. The standard InChI is InChI=1S/C19H15Cl2FN4O3/c1-10-17(24-25-26(10)9-11-3-5-13(20)14(21)7-11)18(27)23-16-8-12(19(28)29-2)4-6-15(16)22/h3-8H,9H2,1-2H3,(H,23,27). The van der Waals surface area contributed by atoms with E-state index in [-0.39, 0.29) is 16.9 Å². The van der Waals surface area contributed by atoms with Crippen molar-refractivity contribution in [1.29, 1.82) is 0 Å². The predicted molar refractivity (Wildman–Crippen MR) is 106 cm³/mol. The van der Waals surface area contributed by atoms with Crippen molar-refractivity contribution < 1.29 is 18.7 Å². The Morgan fingerprint density at radius 1 is 1.17 bits per heavy atom. The zero-order chi connectivity index (χ0) is 21.1. The highest BCUT2D eigenvalue weighted by Crippen LogP contribution is 2.23. The number of hydrogen-bond donors (Lipinski definition) is 1. The Kier molecular flexibility index (Phi) is 6.14. The molecule has 2 aromatic carbocycles. The highest BCUT2D eigenvalue weighted by molar-refractivity contribution is 6.42. The molecular weight excluding hydrogens is 422 g/mol. The average Bonchev–Trinajstić information content (AvgIpc) is 3.06. The third kappa shape index (κ3) is 4.55. The molecule has 0 fully saturated rings. The molecule has 0 saturated carbocycles. The maximum absolute atomic E-state index is 14.0. The van der Waals surface area contributed by atoms with Crippen LogP contribution in [-0.2, 0) is 11.3 Å². The van der Waals surface area contributed by atoms with Gasteiger partial charge in [0.05, 0.1) is 40.6 Å². The van der Waals surface area contributed by atoms with Crippen LogP contribution in [0.15, 0.2) is 36.4 Å². The topological polar surface area (TPSA) is 86.1 Å². The van der Waals surface area contributed by atoms with Crippen molar-refractivity contribution in [3.63, 3.8) is 0 Å². The van der Waals surface area contributed by atoms with E-state index in [9.17, 15) is 14.0 Å². The number of nitrogens with one attached hydrogen (secondary N) is 1. The minimum absolute atomic E-state index is 0.0212. The summed E-state index contributed by atoms with van der Waals surface area (Å²) in [5.41, 5.74) is 1.24. The number of carbonyl (C=O) groups excluding carboxylic acids is 2. The first-order valence-corrected chi connectivity index (χ1v) is 9.09. The van der Waals surface area contributed by atoms with Gasteiger partial charge in [-0.05, 0) is 42.8 Å². The molecule has 0 aliphatic rings.